The normalized spacial score (nSPS) is 10.1. The van der Waals surface area contributed by atoms with E-state index >= 15 is 0 Å². The highest BCUT2D eigenvalue weighted by molar-refractivity contribution is 5.81. The summed E-state index contributed by atoms with van der Waals surface area (Å²) in [5.74, 6) is -0.212. The van der Waals surface area contributed by atoms with Gasteiger partial charge in [0, 0.05) is 6.08 Å². The van der Waals surface area contributed by atoms with Gasteiger partial charge < -0.3 is 9.84 Å². The van der Waals surface area contributed by atoms with E-state index in [2.05, 4.69) is 6.58 Å². The second-order valence-corrected chi connectivity index (χ2v) is 2.83. The van der Waals surface area contributed by atoms with Crippen LogP contribution in [0.5, 0.6) is 5.75 Å². The van der Waals surface area contributed by atoms with Crippen LogP contribution in [0.25, 0.3) is 6.08 Å². The van der Waals surface area contributed by atoms with Crippen LogP contribution in [0.15, 0.2) is 43.0 Å². The van der Waals surface area contributed by atoms with Gasteiger partial charge in [-0.1, -0.05) is 24.8 Å². The summed E-state index contributed by atoms with van der Waals surface area (Å²) in [7, 11) is 0. The average Bonchev–Trinajstić information content (AvgIpc) is 2.26. The molecule has 0 aromatic heterocycles. The van der Waals surface area contributed by atoms with Gasteiger partial charge in [0.2, 0.25) is 0 Å². The first kappa shape index (κ1) is 11.0. The Hall–Kier alpha value is -2.03. The Bertz CT molecular complexity index is 363. The smallest absolute Gasteiger partial charge is 0.330 e. The zero-order chi connectivity index (χ0) is 11.1. The molecule has 1 aromatic carbocycles. The first-order valence-corrected chi connectivity index (χ1v) is 4.47. The summed E-state index contributed by atoms with van der Waals surface area (Å²) in [5.41, 5.74) is 0.933. The maximum Gasteiger partial charge on any atom is 0.330 e. The lowest BCUT2D eigenvalue weighted by Gasteiger charge is -1.96. The minimum atomic E-state index is -0.439. The van der Waals surface area contributed by atoms with Crippen molar-refractivity contribution >= 4 is 12.0 Å². The van der Waals surface area contributed by atoms with Crippen LogP contribution in [-0.4, -0.2) is 17.7 Å². The number of hydrogen-bond donors (Lipinski definition) is 1. The molecule has 3 heteroatoms. The fraction of sp³-hybridized carbons (Fsp3) is 0.0833. The molecular formula is C12H12O3. The van der Waals surface area contributed by atoms with E-state index in [0.29, 0.717) is 0 Å². The first-order chi connectivity index (χ1) is 7.22. The topological polar surface area (TPSA) is 46.5 Å². The number of benzene rings is 1. The fourth-order valence-electron chi connectivity index (χ4n) is 0.959. The van der Waals surface area contributed by atoms with E-state index in [9.17, 15) is 4.79 Å². The largest absolute Gasteiger partial charge is 0.508 e. The zero-order valence-corrected chi connectivity index (χ0v) is 8.22. The Balaban J connectivity index is 2.41. The van der Waals surface area contributed by atoms with E-state index in [4.69, 9.17) is 9.84 Å². The van der Waals surface area contributed by atoms with Gasteiger partial charge in [0.05, 0.1) is 0 Å². The molecule has 1 N–H and O–H groups in total. The molecule has 0 saturated carbocycles. The van der Waals surface area contributed by atoms with Crippen molar-refractivity contribution in [2.24, 2.45) is 0 Å². The zero-order valence-electron chi connectivity index (χ0n) is 8.22. The van der Waals surface area contributed by atoms with E-state index in [1.807, 2.05) is 0 Å². The molecule has 0 radical (unpaired) electrons. The molecule has 0 aliphatic carbocycles. The van der Waals surface area contributed by atoms with Gasteiger partial charge in [-0.05, 0) is 23.8 Å². The summed E-state index contributed by atoms with van der Waals surface area (Å²) in [6.07, 6.45) is 4.64. The third-order valence-electron chi connectivity index (χ3n) is 1.69. The van der Waals surface area contributed by atoms with Gasteiger partial charge in [-0.2, -0.15) is 0 Å². The summed E-state index contributed by atoms with van der Waals surface area (Å²) in [5, 5.41) is 9.03. The Labute approximate surface area is 88.3 Å². The molecule has 0 aliphatic rings. The van der Waals surface area contributed by atoms with Crippen molar-refractivity contribution in [3.63, 3.8) is 0 Å². The van der Waals surface area contributed by atoms with Crippen LogP contribution in [0.3, 0.4) is 0 Å². The van der Waals surface area contributed by atoms with Gasteiger partial charge >= 0.3 is 5.97 Å². The maximum atomic E-state index is 10.7. The molecular weight excluding hydrogens is 192 g/mol. The second-order valence-electron chi connectivity index (χ2n) is 2.83. The monoisotopic (exact) mass is 204 g/mol. The number of hydrogen-bond acceptors (Lipinski definition) is 3. The van der Waals surface area contributed by atoms with Crippen LogP contribution in [0.2, 0.25) is 0 Å². The average molecular weight is 204 g/mol. The molecule has 3 nitrogen and oxygen atoms in total. The lowest BCUT2D eigenvalue weighted by molar-refractivity contribution is -0.136. The number of phenols is 1. The van der Waals surface area contributed by atoms with Crippen molar-refractivity contribution < 1.29 is 14.6 Å². The van der Waals surface area contributed by atoms with Gasteiger partial charge in [0.15, 0.2) is 0 Å². The van der Waals surface area contributed by atoms with Gasteiger partial charge in [-0.15, -0.1) is 0 Å². The lowest BCUT2D eigenvalue weighted by Crippen LogP contribution is -1.98. The highest BCUT2D eigenvalue weighted by Crippen LogP contribution is 2.10. The van der Waals surface area contributed by atoms with Gasteiger partial charge in [-0.3, -0.25) is 0 Å². The van der Waals surface area contributed by atoms with E-state index in [-0.39, 0.29) is 12.4 Å². The van der Waals surface area contributed by atoms with Crippen molar-refractivity contribution in [3.05, 3.63) is 48.6 Å². The number of aromatic hydroxyl groups is 1. The molecule has 0 aliphatic heterocycles. The maximum absolute atomic E-state index is 10.7. The van der Waals surface area contributed by atoms with Crippen molar-refractivity contribution in [1.29, 1.82) is 0 Å². The fourth-order valence-corrected chi connectivity index (χ4v) is 0.959. The quantitative estimate of drug-likeness (QED) is 0.603. The number of carbonyl (C=O) groups is 1. The minimum absolute atomic E-state index is 0.214. The summed E-state index contributed by atoms with van der Waals surface area (Å²) in [6.45, 7) is 3.49. The van der Waals surface area contributed by atoms with Crippen molar-refractivity contribution in [2.45, 2.75) is 0 Å². The molecule has 78 valence electrons. The third-order valence-corrected chi connectivity index (χ3v) is 1.69. The Morgan fingerprint density at radius 1 is 1.40 bits per heavy atom. The van der Waals surface area contributed by atoms with Crippen molar-refractivity contribution in [1.82, 2.24) is 0 Å². The highest BCUT2D eigenvalue weighted by atomic mass is 16.5. The molecule has 15 heavy (non-hydrogen) atoms. The Morgan fingerprint density at radius 2 is 2.07 bits per heavy atom. The molecule has 0 fully saturated rings. The molecule has 1 aromatic rings. The summed E-state index contributed by atoms with van der Waals surface area (Å²) >= 11 is 0. The molecule has 0 saturated heterocycles. The molecule has 1 rings (SSSR count). The van der Waals surface area contributed by atoms with Crippen LogP contribution in [-0.2, 0) is 9.53 Å². The lowest BCUT2D eigenvalue weighted by atomic mass is 10.2. The highest BCUT2D eigenvalue weighted by Gasteiger charge is 1.91. The van der Waals surface area contributed by atoms with Crippen LogP contribution < -0.4 is 0 Å². The second kappa shape index (κ2) is 5.65. The molecule has 0 bridgehead atoms. The van der Waals surface area contributed by atoms with E-state index in [0.717, 1.165) is 11.6 Å². The number of rotatable bonds is 4. The number of carbonyl (C=O) groups excluding carboxylic acids is 1. The van der Waals surface area contributed by atoms with Crippen molar-refractivity contribution in [2.75, 3.05) is 6.61 Å². The van der Waals surface area contributed by atoms with Gasteiger partial charge in [-0.25, -0.2) is 4.79 Å². The molecule has 0 spiro atoms. The van der Waals surface area contributed by atoms with E-state index < -0.39 is 5.97 Å². The predicted molar refractivity (Wildman–Crippen MR) is 58.3 cm³/mol. The number of ether oxygens (including phenoxy) is 1. The summed E-state index contributed by atoms with van der Waals surface area (Å²) < 4.78 is 4.74. The Kier molecular flexibility index (Phi) is 4.16. The van der Waals surface area contributed by atoms with E-state index in [1.165, 1.54) is 0 Å². The van der Waals surface area contributed by atoms with E-state index in [1.54, 1.807) is 36.4 Å². The first-order valence-electron chi connectivity index (χ1n) is 4.47. The number of esters is 1. The summed E-state index contributed by atoms with van der Waals surface area (Å²) in [4.78, 5) is 10.7. The van der Waals surface area contributed by atoms with Crippen LogP contribution in [0.4, 0.5) is 0 Å². The Morgan fingerprint density at radius 3 is 2.67 bits per heavy atom. The van der Waals surface area contributed by atoms with Crippen LogP contribution in [0, 0.1) is 0 Å². The summed E-state index contributed by atoms with van der Waals surface area (Å²) in [6, 6.07) is 6.72. The van der Waals surface area contributed by atoms with Crippen LogP contribution >= 0.6 is 0 Å². The third kappa shape index (κ3) is 4.13. The minimum Gasteiger partial charge on any atom is -0.508 e. The number of phenolic OH excluding ortho intramolecular Hbond substituents is 1. The standard InChI is InChI=1S/C12H12O3/c1-2-12(14)15-9-3-4-10-5-7-11(13)8-6-10/h2-8,13H,1,9H2. The molecule has 0 heterocycles. The van der Waals surface area contributed by atoms with Crippen molar-refractivity contribution in [3.8, 4) is 5.75 Å². The molecule has 0 amide bonds. The predicted octanol–water partition coefficient (Wildman–Crippen LogP) is 2.13. The SMILES string of the molecule is C=CC(=O)OCC=Cc1ccc(O)cc1. The molecule has 0 unspecified atom stereocenters. The van der Waals surface area contributed by atoms with Crippen LogP contribution in [0.1, 0.15) is 5.56 Å². The van der Waals surface area contributed by atoms with Gasteiger partial charge in [0.25, 0.3) is 0 Å². The van der Waals surface area contributed by atoms with Gasteiger partial charge in [0.1, 0.15) is 12.4 Å². The molecule has 0 atom stereocenters.